The van der Waals surface area contributed by atoms with Gasteiger partial charge in [-0.3, -0.25) is 0 Å². The quantitative estimate of drug-likeness (QED) is 0.811. The van der Waals surface area contributed by atoms with Crippen molar-refractivity contribution in [2.24, 2.45) is 5.92 Å². The summed E-state index contributed by atoms with van der Waals surface area (Å²) in [5, 5.41) is 0. The summed E-state index contributed by atoms with van der Waals surface area (Å²) in [6.07, 6.45) is 0. The van der Waals surface area contributed by atoms with Crippen molar-refractivity contribution in [3.63, 3.8) is 0 Å². The molecule has 0 fully saturated rings. The van der Waals surface area contributed by atoms with Crippen LogP contribution in [0.1, 0.15) is 24.2 Å². The smallest absolute Gasteiger partial charge is 0.344 e. The molecular formula is C15H18N4O3. The lowest BCUT2D eigenvalue weighted by Crippen LogP contribution is -2.14. The summed E-state index contributed by atoms with van der Waals surface area (Å²) >= 11 is 0. The van der Waals surface area contributed by atoms with E-state index in [2.05, 4.69) is 9.97 Å². The van der Waals surface area contributed by atoms with Gasteiger partial charge >= 0.3 is 5.97 Å². The van der Waals surface area contributed by atoms with Crippen molar-refractivity contribution in [3.8, 4) is 11.8 Å². The van der Waals surface area contributed by atoms with E-state index in [-0.39, 0.29) is 29.3 Å². The van der Waals surface area contributed by atoms with Gasteiger partial charge in [0.15, 0.2) is 5.69 Å². The lowest BCUT2D eigenvalue weighted by Gasteiger charge is -2.12. The second-order valence-corrected chi connectivity index (χ2v) is 5.07. The fraction of sp³-hybridized carbons (Fsp3) is 0.267. The van der Waals surface area contributed by atoms with Crippen molar-refractivity contribution >= 4 is 17.6 Å². The van der Waals surface area contributed by atoms with Gasteiger partial charge in [0.1, 0.15) is 0 Å². The molecule has 0 aliphatic rings. The first-order valence-electron chi connectivity index (χ1n) is 6.80. The van der Waals surface area contributed by atoms with Crippen LogP contribution in [0, 0.1) is 5.92 Å². The molecule has 116 valence electrons. The van der Waals surface area contributed by atoms with Gasteiger partial charge in [-0.05, 0) is 18.1 Å². The number of nitrogen functional groups attached to an aromatic ring is 2. The number of hydrogen-bond acceptors (Lipinski definition) is 7. The van der Waals surface area contributed by atoms with Crippen molar-refractivity contribution in [2.45, 2.75) is 13.8 Å². The highest BCUT2D eigenvalue weighted by atomic mass is 16.5. The maximum atomic E-state index is 12.0. The molecule has 0 aliphatic heterocycles. The predicted octanol–water partition coefficient (Wildman–Crippen LogP) is 1.89. The molecule has 7 heteroatoms. The molecule has 0 unspecified atom stereocenters. The van der Waals surface area contributed by atoms with Gasteiger partial charge in [-0.25, -0.2) is 4.79 Å². The van der Waals surface area contributed by atoms with E-state index in [1.807, 2.05) is 13.8 Å². The van der Waals surface area contributed by atoms with Gasteiger partial charge in [0.05, 0.1) is 12.2 Å². The van der Waals surface area contributed by atoms with E-state index >= 15 is 0 Å². The van der Waals surface area contributed by atoms with Gasteiger partial charge in [0, 0.05) is 0 Å². The first kappa shape index (κ1) is 15.6. The van der Waals surface area contributed by atoms with Crippen LogP contribution in [0.4, 0.5) is 11.6 Å². The van der Waals surface area contributed by atoms with Gasteiger partial charge in [0.25, 0.3) is 5.88 Å². The molecule has 1 aromatic carbocycles. The number of carbonyl (C=O) groups excluding carboxylic acids is 1. The number of anilines is 2. The SMILES string of the molecule is CC(C)COc1nc(N)nc(OC(=O)c2ccccc2)c1N. The summed E-state index contributed by atoms with van der Waals surface area (Å²) in [4.78, 5) is 19.8. The molecule has 2 aromatic rings. The molecule has 7 nitrogen and oxygen atoms in total. The van der Waals surface area contributed by atoms with Crippen LogP contribution < -0.4 is 20.9 Å². The molecular weight excluding hydrogens is 284 g/mol. The lowest BCUT2D eigenvalue weighted by atomic mass is 10.2. The Hall–Kier alpha value is -2.83. The number of benzene rings is 1. The highest BCUT2D eigenvalue weighted by Gasteiger charge is 2.17. The first-order valence-corrected chi connectivity index (χ1v) is 6.80. The maximum Gasteiger partial charge on any atom is 0.344 e. The maximum absolute atomic E-state index is 12.0. The number of rotatable bonds is 5. The number of ether oxygens (including phenoxy) is 2. The fourth-order valence-corrected chi connectivity index (χ4v) is 1.60. The average Bonchev–Trinajstić information content (AvgIpc) is 2.49. The first-order chi connectivity index (χ1) is 10.5. The minimum atomic E-state index is -0.583. The molecule has 0 amide bonds. The van der Waals surface area contributed by atoms with Crippen molar-refractivity contribution < 1.29 is 14.3 Å². The third kappa shape index (κ3) is 3.85. The van der Waals surface area contributed by atoms with E-state index in [4.69, 9.17) is 20.9 Å². The third-order valence-electron chi connectivity index (χ3n) is 2.65. The van der Waals surface area contributed by atoms with E-state index in [0.717, 1.165) is 0 Å². The number of carbonyl (C=O) groups is 1. The minimum Gasteiger partial charge on any atom is -0.476 e. The van der Waals surface area contributed by atoms with Crippen LogP contribution in [0.3, 0.4) is 0 Å². The Morgan fingerprint density at radius 2 is 1.77 bits per heavy atom. The van der Waals surface area contributed by atoms with Crippen molar-refractivity contribution in [3.05, 3.63) is 35.9 Å². The number of esters is 1. The second kappa shape index (κ2) is 6.75. The van der Waals surface area contributed by atoms with Gasteiger partial charge < -0.3 is 20.9 Å². The Morgan fingerprint density at radius 1 is 1.14 bits per heavy atom. The Morgan fingerprint density at radius 3 is 2.41 bits per heavy atom. The number of aromatic nitrogens is 2. The minimum absolute atomic E-state index is 0.0409. The molecule has 0 radical (unpaired) electrons. The Balaban J connectivity index is 2.22. The highest BCUT2D eigenvalue weighted by Crippen LogP contribution is 2.29. The normalized spacial score (nSPS) is 10.5. The lowest BCUT2D eigenvalue weighted by molar-refractivity contribution is 0.0728. The molecule has 22 heavy (non-hydrogen) atoms. The van der Waals surface area contributed by atoms with Crippen LogP contribution in [0.2, 0.25) is 0 Å². The Labute approximate surface area is 128 Å². The summed E-state index contributed by atoms with van der Waals surface area (Å²) in [6.45, 7) is 4.38. The van der Waals surface area contributed by atoms with Crippen LogP contribution in [-0.2, 0) is 0 Å². The molecule has 0 spiro atoms. The van der Waals surface area contributed by atoms with Crippen LogP contribution in [0.25, 0.3) is 0 Å². The molecule has 2 rings (SSSR count). The van der Waals surface area contributed by atoms with E-state index in [9.17, 15) is 4.79 Å². The van der Waals surface area contributed by atoms with E-state index in [1.165, 1.54) is 0 Å². The largest absolute Gasteiger partial charge is 0.476 e. The monoisotopic (exact) mass is 302 g/mol. The standard InChI is InChI=1S/C15H18N4O3/c1-9(2)8-21-12-11(16)13(19-15(17)18-12)22-14(20)10-6-4-3-5-7-10/h3-7,9H,8,16H2,1-2H3,(H2,17,18,19). The average molecular weight is 302 g/mol. The molecule has 4 N–H and O–H groups in total. The number of hydrogen-bond donors (Lipinski definition) is 2. The molecule has 1 aromatic heterocycles. The Kier molecular flexibility index (Phi) is 4.77. The van der Waals surface area contributed by atoms with Gasteiger partial charge in [-0.15, -0.1) is 0 Å². The zero-order chi connectivity index (χ0) is 16.1. The summed E-state index contributed by atoms with van der Waals surface area (Å²) in [6, 6.07) is 8.50. The Bertz CT molecular complexity index is 659. The van der Waals surface area contributed by atoms with Crippen molar-refractivity contribution in [1.29, 1.82) is 0 Å². The van der Waals surface area contributed by atoms with E-state index in [0.29, 0.717) is 12.2 Å². The highest BCUT2D eigenvalue weighted by molar-refractivity contribution is 5.91. The topological polar surface area (TPSA) is 113 Å². The van der Waals surface area contributed by atoms with Crippen molar-refractivity contribution in [2.75, 3.05) is 18.1 Å². The second-order valence-electron chi connectivity index (χ2n) is 5.07. The zero-order valence-corrected chi connectivity index (χ0v) is 12.4. The zero-order valence-electron chi connectivity index (χ0n) is 12.4. The molecule has 0 bridgehead atoms. The van der Waals surface area contributed by atoms with Crippen LogP contribution in [0.5, 0.6) is 11.8 Å². The van der Waals surface area contributed by atoms with E-state index in [1.54, 1.807) is 30.3 Å². The van der Waals surface area contributed by atoms with Crippen LogP contribution in [0.15, 0.2) is 30.3 Å². The number of nitrogens with two attached hydrogens (primary N) is 2. The van der Waals surface area contributed by atoms with Crippen LogP contribution >= 0.6 is 0 Å². The van der Waals surface area contributed by atoms with Crippen LogP contribution in [-0.4, -0.2) is 22.5 Å². The van der Waals surface area contributed by atoms with E-state index < -0.39 is 5.97 Å². The molecule has 1 heterocycles. The van der Waals surface area contributed by atoms with Gasteiger partial charge in [-0.1, -0.05) is 32.0 Å². The fourth-order valence-electron chi connectivity index (χ4n) is 1.60. The van der Waals surface area contributed by atoms with Crippen molar-refractivity contribution in [1.82, 2.24) is 9.97 Å². The summed E-state index contributed by atoms with van der Waals surface area (Å²) < 4.78 is 10.6. The van der Waals surface area contributed by atoms with Gasteiger partial charge in [-0.2, -0.15) is 9.97 Å². The molecule has 0 saturated carbocycles. The summed E-state index contributed by atoms with van der Waals surface area (Å²) in [5.41, 5.74) is 11.9. The number of nitrogens with zero attached hydrogens (tertiary/aromatic N) is 2. The van der Waals surface area contributed by atoms with Gasteiger partial charge in [0.2, 0.25) is 11.8 Å². The third-order valence-corrected chi connectivity index (χ3v) is 2.65. The summed E-state index contributed by atoms with van der Waals surface area (Å²) in [5.74, 6) is -0.382. The molecule has 0 saturated heterocycles. The predicted molar refractivity (Wildman–Crippen MR) is 82.6 cm³/mol. The molecule has 0 atom stereocenters. The molecule has 0 aliphatic carbocycles. The summed E-state index contributed by atoms with van der Waals surface area (Å²) in [7, 11) is 0.